The third-order valence-electron chi connectivity index (χ3n) is 3.72. The molecule has 0 bridgehead atoms. The van der Waals surface area contributed by atoms with E-state index in [2.05, 4.69) is 5.32 Å². The first-order valence-corrected chi connectivity index (χ1v) is 6.85. The molecular weight excluding hydrogens is 240 g/mol. The third-order valence-corrected chi connectivity index (χ3v) is 3.72. The van der Waals surface area contributed by atoms with Crippen molar-refractivity contribution in [3.8, 4) is 0 Å². The number of hydrogen-bond acceptors (Lipinski definition) is 3. The minimum Gasteiger partial charge on any atom is -0.399 e. The van der Waals surface area contributed by atoms with Gasteiger partial charge in [-0.2, -0.15) is 0 Å². The summed E-state index contributed by atoms with van der Waals surface area (Å²) in [7, 11) is 1.71. The fraction of sp³-hybridized carbons (Fsp3) is 0.533. The molecule has 2 rings (SSSR count). The largest absolute Gasteiger partial charge is 0.399 e. The van der Waals surface area contributed by atoms with Gasteiger partial charge in [-0.25, -0.2) is 0 Å². The molecule has 104 valence electrons. The lowest BCUT2D eigenvalue weighted by Gasteiger charge is -2.19. The second-order valence-electron chi connectivity index (χ2n) is 5.12. The van der Waals surface area contributed by atoms with Gasteiger partial charge >= 0.3 is 0 Å². The molecule has 1 fully saturated rings. The van der Waals surface area contributed by atoms with E-state index in [9.17, 15) is 4.79 Å². The van der Waals surface area contributed by atoms with Crippen LogP contribution in [-0.2, 0) is 16.0 Å². The zero-order valence-electron chi connectivity index (χ0n) is 11.4. The zero-order valence-corrected chi connectivity index (χ0v) is 11.4. The predicted octanol–water partition coefficient (Wildman–Crippen LogP) is 1.89. The summed E-state index contributed by atoms with van der Waals surface area (Å²) in [4.78, 5) is 11.9. The highest BCUT2D eigenvalue weighted by Gasteiger charge is 2.27. The SMILES string of the molecule is COC1CCCC1NC(=O)CCc1ccc(N)cc1. The van der Waals surface area contributed by atoms with Gasteiger partial charge in [0.05, 0.1) is 12.1 Å². The van der Waals surface area contributed by atoms with Gasteiger partial charge in [-0.3, -0.25) is 4.79 Å². The highest BCUT2D eigenvalue weighted by Crippen LogP contribution is 2.21. The number of aryl methyl sites for hydroxylation is 1. The van der Waals surface area contributed by atoms with E-state index in [0.29, 0.717) is 6.42 Å². The van der Waals surface area contributed by atoms with E-state index in [1.54, 1.807) is 7.11 Å². The van der Waals surface area contributed by atoms with E-state index in [1.165, 1.54) is 0 Å². The van der Waals surface area contributed by atoms with Crippen molar-refractivity contribution in [3.63, 3.8) is 0 Å². The van der Waals surface area contributed by atoms with Crippen molar-refractivity contribution in [2.45, 2.75) is 44.2 Å². The van der Waals surface area contributed by atoms with Crippen molar-refractivity contribution in [2.24, 2.45) is 0 Å². The van der Waals surface area contributed by atoms with Crippen LogP contribution >= 0.6 is 0 Å². The van der Waals surface area contributed by atoms with Gasteiger partial charge in [-0.05, 0) is 43.4 Å². The normalized spacial score (nSPS) is 22.4. The monoisotopic (exact) mass is 262 g/mol. The summed E-state index contributed by atoms with van der Waals surface area (Å²) in [6.45, 7) is 0. The summed E-state index contributed by atoms with van der Waals surface area (Å²) in [6.07, 6.45) is 4.63. The van der Waals surface area contributed by atoms with Crippen molar-refractivity contribution < 1.29 is 9.53 Å². The Morgan fingerprint density at radius 2 is 2.11 bits per heavy atom. The standard InChI is InChI=1S/C15H22N2O2/c1-19-14-4-2-3-13(14)17-15(18)10-7-11-5-8-12(16)9-6-11/h5-6,8-9,13-14H,2-4,7,10,16H2,1H3,(H,17,18). The number of methoxy groups -OCH3 is 1. The summed E-state index contributed by atoms with van der Waals surface area (Å²) in [6, 6.07) is 7.85. The molecule has 1 aromatic carbocycles. The van der Waals surface area contributed by atoms with Gasteiger partial charge in [0.2, 0.25) is 5.91 Å². The average molecular weight is 262 g/mol. The minimum absolute atomic E-state index is 0.103. The molecule has 0 heterocycles. The Hall–Kier alpha value is -1.55. The number of amides is 1. The lowest BCUT2D eigenvalue weighted by Crippen LogP contribution is -2.40. The van der Waals surface area contributed by atoms with E-state index < -0.39 is 0 Å². The fourth-order valence-electron chi connectivity index (χ4n) is 2.59. The van der Waals surface area contributed by atoms with E-state index in [-0.39, 0.29) is 18.1 Å². The lowest BCUT2D eigenvalue weighted by atomic mass is 10.1. The van der Waals surface area contributed by atoms with Gasteiger partial charge in [0, 0.05) is 19.2 Å². The molecule has 1 aliphatic carbocycles. The van der Waals surface area contributed by atoms with Crippen molar-refractivity contribution in [2.75, 3.05) is 12.8 Å². The number of benzene rings is 1. The smallest absolute Gasteiger partial charge is 0.220 e. The number of carbonyl (C=O) groups excluding carboxylic acids is 1. The van der Waals surface area contributed by atoms with Gasteiger partial charge in [0.1, 0.15) is 0 Å². The molecule has 2 atom stereocenters. The Labute approximate surface area is 114 Å². The van der Waals surface area contributed by atoms with Crippen LogP contribution in [0.4, 0.5) is 5.69 Å². The van der Waals surface area contributed by atoms with Crippen LogP contribution < -0.4 is 11.1 Å². The maximum atomic E-state index is 11.9. The topological polar surface area (TPSA) is 64.3 Å². The van der Waals surface area contributed by atoms with E-state index in [0.717, 1.165) is 36.9 Å². The quantitative estimate of drug-likeness (QED) is 0.796. The Kier molecular flexibility index (Phi) is 4.80. The van der Waals surface area contributed by atoms with Crippen LogP contribution in [0.25, 0.3) is 0 Å². The Morgan fingerprint density at radius 1 is 1.37 bits per heavy atom. The molecule has 0 radical (unpaired) electrons. The van der Waals surface area contributed by atoms with Gasteiger partial charge in [-0.1, -0.05) is 12.1 Å². The van der Waals surface area contributed by atoms with Gasteiger partial charge in [-0.15, -0.1) is 0 Å². The minimum atomic E-state index is 0.103. The molecule has 0 spiro atoms. The summed E-state index contributed by atoms with van der Waals surface area (Å²) in [5, 5.41) is 3.07. The fourth-order valence-corrected chi connectivity index (χ4v) is 2.59. The number of anilines is 1. The Bertz CT molecular complexity index is 417. The van der Waals surface area contributed by atoms with Crippen LogP contribution in [0.15, 0.2) is 24.3 Å². The van der Waals surface area contributed by atoms with Crippen LogP contribution in [0, 0.1) is 0 Å². The highest BCUT2D eigenvalue weighted by atomic mass is 16.5. The van der Waals surface area contributed by atoms with Gasteiger partial charge in [0.15, 0.2) is 0 Å². The van der Waals surface area contributed by atoms with Crippen LogP contribution in [0.3, 0.4) is 0 Å². The summed E-state index contributed by atoms with van der Waals surface area (Å²) in [5.41, 5.74) is 7.52. The third kappa shape index (κ3) is 3.96. The molecule has 4 heteroatoms. The van der Waals surface area contributed by atoms with Crippen LogP contribution in [-0.4, -0.2) is 25.2 Å². The number of nitrogens with two attached hydrogens (primary N) is 1. The number of carbonyl (C=O) groups is 1. The molecule has 0 aromatic heterocycles. The van der Waals surface area contributed by atoms with Crippen LogP contribution in [0.1, 0.15) is 31.2 Å². The van der Waals surface area contributed by atoms with Gasteiger partial charge < -0.3 is 15.8 Å². The molecular formula is C15H22N2O2. The van der Waals surface area contributed by atoms with E-state index in [4.69, 9.17) is 10.5 Å². The predicted molar refractivity (Wildman–Crippen MR) is 75.8 cm³/mol. The second kappa shape index (κ2) is 6.57. The van der Waals surface area contributed by atoms with Crippen molar-refractivity contribution in [3.05, 3.63) is 29.8 Å². The highest BCUT2D eigenvalue weighted by molar-refractivity contribution is 5.76. The molecule has 1 aromatic rings. The summed E-state index contributed by atoms with van der Waals surface area (Å²) >= 11 is 0. The molecule has 1 amide bonds. The molecule has 0 aliphatic heterocycles. The maximum Gasteiger partial charge on any atom is 0.220 e. The second-order valence-corrected chi connectivity index (χ2v) is 5.12. The molecule has 1 aliphatic rings. The summed E-state index contributed by atoms with van der Waals surface area (Å²) < 4.78 is 5.37. The molecule has 19 heavy (non-hydrogen) atoms. The van der Waals surface area contributed by atoms with Crippen LogP contribution in [0.2, 0.25) is 0 Å². The Balaban J connectivity index is 1.77. The van der Waals surface area contributed by atoms with E-state index in [1.807, 2.05) is 24.3 Å². The lowest BCUT2D eigenvalue weighted by molar-refractivity contribution is -0.122. The Morgan fingerprint density at radius 3 is 2.79 bits per heavy atom. The van der Waals surface area contributed by atoms with Gasteiger partial charge in [0.25, 0.3) is 0 Å². The van der Waals surface area contributed by atoms with Crippen molar-refractivity contribution >= 4 is 11.6 Å². The number of ether oxygens (including phenoxy) is 1. The molecule has 0 saturated heterocycles. The molecule has 2 unspecified atom stereocenters. The first-order chi connectivity index (χ1) is 9.19. The average Bonchev–Trinajstić information content (AvgIpc) is 2.85. The molecule has 4 nitrogen and oxygen atoms in total. The number of rotatable bonds is 5. The zero-order chi connectivity index (χ0) is 13.7. The van der Waals surface area contributed by atoms with Crippen LogP contribution in [0.5, 0.6) is 0 Å². The van der Waals surface area contributed by atoms with Crippen molar-refractivity contribution in [1.82, 2.24) is 5.32 Å². The van der Waals surface area contributed by atoms with Crippen molar-refractivity contribution in [1.29, 1.82) is 0 Å². The maximum absolute atomic E-state index is 11.9. The number of nitrogens with one attached hydrogen (secondary N) is 1. The number of hydrogen-bond donors (Lipinski definition) is 2. The first-order valence-electron chi connectivity index (χ1n) is 6.85. The summed E-state index contributed by atoms with van der Waals surface area (Å²) in [5.74, 6) is 0.103. The first kappa shape index (κ1) is 13.9. The number of nitrogen functional groups attached to an aromatic ring is 1. The van der Waals surface area contributed by atoms with E-state index >= 15 is 0 Å². The molecule has 3 N–H and O–H groups in total. The molecule has 1 saturated carbocycles.